The third kappa shape index (κ3) is 10.6. The number of carbonyl (C=O) groups excluding carboxylic acids is 1. The molecule has 0 N–H and O–H groups in total. The van der Waals surface area contributed by atoms with Crippen molar-refractivity contribution in [3.63, 3.8) is 0 Å². The van der Waals surface area contributed by atoms with E-state index in [9.17, 15) is 21.6 Å². The molecule has 2 heterocycles. The number of rotatable bonds is 19. The second-order valence-electron chi connectivity index (χ2n) is 13.2. The maximum absolute atomic E-state index is 14.3. The lowest BCUT2D eigenvalue weighted by atomic mass is 9.97. The van der Waals surface area contributed by atoms with E-state index < -0.39 is 20.0 Å². The van der Waals surface area contributed by atoms with Crippen LogP contribution in [0.1, 0.15) is 106 Å². The number of benzene rings is 3. The van der Waals surface area contributed by atoms with E-state index in [1.165, 1.54) is 17.8 Å². The zero-order valence-electron chi connectivity index (χ0n) is 29.2. The number of hydroxylamine groups is 2. The summed E-state index contributed by atoms with van der Waals surface area (Å²) in [6.07, 6.45) is 10.4. The molecule has 1 fully saturated rings. The fraction of sp³-hybridized carbons (Fsp3) is 0.462. The van der Waals surface area contributed by atoms with Crippen molar-refractivity contribution in [1.82, 2.24) is 5.06 Å². The summed E-state index contributed by atoms with van der Waals surface area (Å²) in [4.78, 5) is 21.0. The molecule has 0 unspecified atom stereocenters. The summed E-state index contributed by atoms with van der Waals surface area (Å²) >= 11 is 1.42. The summed E-state index contributed by atoms with van der Waals surface area (Å²) < 4.78 is 57.2. The summed E-state index contributed by atoms with van der Waals surface area (Å²) in [6, 6.07) is 19.5. The number of hydrogen-bond acceptors (Lipinski definition) is 9. The van der Waals surface area contributed by atoms with Gasteiger partial charge in [-0.15, -0.1) is 16.4 Å². The van der Waals surface area contributed by atoms with E-state index in [1.807, 2.05) is 29.3 Å². The van der Waals surface area contributed by atoms with Crippen LogP contribution in [0.5, 0.6) is 11.5 Å². The van der Waals surface area contributed by atoms with Crippen molar-refractivity contribution in [1.29, 1.82) is 0 Å². The van der Waals surface area contributed by atoms with Crippen LogP contribution in [-0.2, 0) is 25.7 Å². The monoisotopic (exact) mass is 739 g/mol. The minimum atomic E-state index is -3.73. The summed E-state index contributed by atoms with van der Waals surface area (Å²) in [5.41, 5.74) is 2.44. The highest BCUT2D eigenvalue weighted by Gasteiger charge is 2.24. The van der Waals surface area contributed by atoms with Gasteiger partial charge in [-0.25, -0.2) is 8.42 Å². The molecular formula is C39H49NO7S3. The number of unbranched alkanes of at least 4 members (excludes halogenated alkanes) is 6. The second kappa shape index (κ2) is 17.8. The van der Waals surface area contributed by atoms with E-state index in [0.29, 0.717) is 40.2 Å². The number of hydrogen-bond donors (Lipinski definition) is 0. The molecule has 3 aromatic carbocycles. The van der Waals surface area contributed by atoms with Crippen LogP contribution in [0.25, 0.3) is 20.5 Å². The molecule has 11 heteroatoms. The number of sulfone groups is 1. The van der Waals surface area contributed by atoms with Crippen LogP contribution in [0.3, 0.4) is 0 Å². The number of fused-ring (bicyclic) bond motifs is 1. The molecule has 1 aromatic heterocycles. The van der Waals surface area contributed by atoms with E-state index in [0.717, 1.165) is 80.1 Å². The topological polar surface area (TPSA) is 107 Å². The van der Waals surface area contributed by atoms with E-state index in [-0.39, 0.29) is 28.8 Å². The van der Waals surface area contributed by atoms with Crippen LogP contribution in [0.15, 0.2) is 66.7 Å². The maximum atomic E-state index is 14.3. The Morgan fingerprint density at radius 1 is 0.740 bits per heavy atom. The lowest BCUT2D eigenvalue weighted by Crippen LogP contribution is -2.32. The molecule has 0 amide bonds. The smallest absolute Gasteiger partial charge is 0.309 e. The molecule has 8 nitrogen and oxygen atoms in total. The number of ketones is 1. The molecule has 0 radical (unpaired) electrons. The lowest BCUT2D eigenvalue weighted by Gasteiger charge is -2.26. The standard InChI is InChI=1S/C39H49NO7S3/c1-3-5-7-12-26-49(42,43)29-30-14-23-35-36(28-30)48-39(32-17-21-34(22-18-32)47-50(44,45)27-13-8-6-4-2)37(35)38(41)31-15-19-33(20-16-31)46-40-24-10-9-11-25-40/h14-23,28H,3-13,24-27,29H2,1-2H3. The molecule has 0 atom stereocenters. The van der Waals surface area contributed by atoms with Gasteiger partial charge in [0.2, 0.25) is 0 Å². The van der Waals surface area contributed by atoms with Crippen molar-refractivity contribution in [2.45, 2.75) is 90.2 Å². The van der Waals surface area contributed by atoms with Crippen molar-refractivity contribution < 1.29 is 30.7 Å². The number of thiophene rings is 1. The Bertz CT molecular complexity index is 1930. The van der Waals surface area contributed by atoms with Gasteiger partial charge in [0.1, 0.15) is 11.5 Å². The quantitative estimate of drug-likeness (QED) is 0.0532. The zero-order chi connectivity index (χ0) is 35.6. The van der Waals surface area contributed by atoms with Crippen LogP contribution < -0.4 is 9.02 Å². The first-order valence-corrected chi connectivity index (χ1v) is 22.1. The first-order valence-electron chi connectivity index (χ1n) is 17.9. The highest BCUT2D eigenvalue weighted by Crippen LogP contribution is 2.41. The largest absolute Gasteiger partial charge is 0.406 e. The van der Waals surface area contributed by atoms with Crippen molar-refractivity contribution in [2.75, 3.05) is 24.6 Å². The summed E-state index contributed by atoms with van der Waals surface area (Å²) in [5.74, 6) is 0.794. The molecule has 1 aliphatic rings. The zero-order valence-corrected chi connectivity index (χ0v) is 31.6. The van der Waals surface area contributed by atoms with Gasteiger partial charge < -0.3 is 9.02 Å². The molecule has 1 aliphatic heterocycles. The molecule has 0 spiro atoms. The van der Waals surface area contributed by atoms with E-state index >= 15 is 0 Å². The van der Waals surface area contributed by atoms with Crippen molar-refractivity contribution in [3.8, 4) is 21.9 Å². The van der Waals surface area contributed by atoms with Gasteiger partial charge in [0.15, 0.2) is 15.6 Å². The Labute approximate surface area is 301 Å². The predicted molar refractivity (Wildman–Crippen MR) is 203 cm³/mol. The fourth-order valence-corrected chi connectivity index (χ4v) is 10.00. The normalized spacial score (nSPS) is 14.2. The molecule has 4 aromatic rings. The van der Waals surface area contributed by atoms with Crippen LogP contribution in [-0.4, -0.2) is 52.3 Å². The second-order valence-corrected chi connectivity index (χ2v) is 18.1. The number of carbonyl (C=O) groups is 1. The predicted octanol–water partition coefficient (Wildman–Crippen LogP) is 9.36. The molecular weight excluding hydrogens is 691 g/mol. The van der Waals surface area contributed by atoms with Gasteiger partial charge in [-0.1, -0.05) is 70.9 Å². The Hall–Kier alpha value is -3.25. The fourth-order valence-electron chi connectivity index (χ4n) is 6.21. The summed E-state index contributed by atoms with van der Waals surface area (Å²) in [5, 5.41) is 2.70. The van der Waals surface area contributed by atoms with Gasteiger partial charge >= 0.3 is 10.1 Å². The van der Waals surface area contributed by atoms with Crippen LogP contribution in [0, 0.1) is 0 Å². The highest BCUT2D eigenvalue weighted by atomic mass is 32.2. The first kappa shape index (κ1) is 38.0. The average Bonchev–Trinajstić information content (AvgIpc) is 3.48. The Morgan fingerprint density at radius 3 is 2.04 bits per heavy atom. The van der Waals surface area contributed by atoms with Gasteiger partial charge in [-0.05, 0) is 91.4 Å². The molecule has 50 heavy (non-hydrogen) atoms. The van der Waals surface area contributed by atoms with Crippen molar-refractivity contribution >= 4 is 47.2 Å². The maximum Gasteiger partial charge on any atom is 0.309 e. The van der Waals surface area contributed by atoms with Crippen LogP contribution in [0.4, 0.5) is 0 Å². The highest BCUT2D eigenvalue weighted by molar-refractivity contribution is 7.90. The first-order chi connectivity index (χ1) is 24.1. The Morgan fingerprint density at radius 2 is 1.38 bits per heavy atom. The molecule has 0 aliphatic carbocycles. The molecule has 5 rings (SSSR count). The minimum absolute atomic E-state index is 0.0393. The number of nitrogens with zero attached hydrogens (tertiary/aromatic N) is 1. The van der Waals surface area contributed by atoms with Gasteiger partial charge in [-0.2, -0.15) is 8.42 Å². The number of piperidine rings is 1. The van der Waals surface area contributed by atoms with Gasteiger partial charge in [-0.3, -0.25) is 4.79 Å². The third-order valence-corrected chi connectivity index (χ3v) is 13.1. The van der Waals surface area contributed by atoms with Gasteiger partial charge in [0, 0.05) is 39.2 Å². The summed E-state index contributed by atoms with van der Waals surface area (Å²) in [7, 11) is -7.01. The Kier molecular flexibility index (Phi) is 13.5. The molecule has 0 saturated carbocycles. The minimum Gasteiger partial charge on any atom is -0.406 e. The van der Waals surface area contributed by atoms with Crippen LogP contribution >= 0.6 is 11.3 Å². The van der Waals surface area contributed by atoms with Crippen molar-refractivity contribution in [2.24, 2.45) is 0 Å². The van der Waals surface area contributed by atoms with Gasteiger partial charge in [0.25, 0.3) is 0 Å². The van der Waals surface area contributed by atoms with Crippen LogP contribution in [0.2, 0.25) is 0 Å². The van der Waals surface area contributed by atoms with Gasteiger partial charge in [0.05, 0.1) is 17.3 Å². The molecule has 270 valence electrons. The average molecular weight is 740 g/mol. The molecule has 1 saturated heterocycles. The third-order valence-electron chi connectivity index (χ3n) is 8.93. The van der Waals surface area contributed by atoms with E-state index in [1.54, 1.807) is 42.5 Å². The summed E-state index contributed by atoms with van der Waals surface area (Å²) in [6.45, 7) is 5.93. The lowest BCUT2D eigenvalue weighted by molar-refractivity contribution is -0.0720. The van der Waals surface area contributed by atoms with E-state index in [2.05, 4.69) is 13.8 Å². The SMILES string of the molecule is CCCCCCS(=O)(=O)Cc1ccc2c(C(=O)c3ccc(ON4CCCCC4)cc3)c(-c3ccc(OS(=O)(=O)CCCCCC)cc3)sc2c1. The van der Waals surface area contributed by atoms with Crippen molar-refractivity contribution in [3.05, 3.63) is 83.4 Å². The Balaban J connectivity index is 1.43. The molecule has 0 bridgehead atoms. The van der Waals surface area contributed by atoms with E-state index in [4.69, 9.17) is 9.02 Å².